The predicted molar refractivity (Wildman–Crippen MR) is 125 cm³/mol. The van der Waals surface area contributed by atoms with Gasteiger partial charge in [0.25, 0.3) is 0 Å². The molecule has 0 radical (unpaired) electrons. The summed E-state index contributed by atoms with van der Waals surface area (Å²) in [6.45, 7) is 8.51. The van der Waals surface area contributed by atoms with Gasteiger partial charge in [0, 0.05) is 10.8 Å². The van der Waals surface area contributed by atoms with Crippen molar-refractivity contribution in [3.8, 4) is 0 Å². The summed E-state index contributed by atoms with van der Waals surface area (Å²) in [7, 11) is 0. The third-order valence-corrected chi connectivity index (χ3v) is 5.92. The summed E-state index contributed by atoms with van der Waals surface area (Å²) in [4.78, 5) is 27.7. The molecule has 6 heteroatoms. The van der Waals surface area contributed by atoms with Gasteiger partial charge in [-0.05, 0) is 35.4 Å². The number of benzene rings is 2. The summed E-state index contributed by atoms with van der Waals surface area (Å²) >= 11 is 0. The van der Waals surface area contributed by atoms with Crippen LogP contribution in [-0.4, -0.2) is 35.8 Å². The maximum atomic E-state index is 4.72. The normalized spacial score (nSPS) is 20.4. The Morgan fingerprint density at radius 3 is 1.43 bits per heavy atom. The van der Waals surface area contributed by atoms with Crippen molar-refractivity contribution < 1.29 is 0 Å². The Bertz CT molecular complexity index is 1140. The van der Waals surface area contributed by atoms with Crippen molar-refractivity contribution in [2.75, 3.05) is 0 Å². The van der Waals surface area contributed by atoms with Gasteiger partial charge >= 0.3 is 0 Å². The topological polar surface area (TPSA) is 74.2 Å². The molecule has 0 aliphatic carbocycles. The number of nitrogens with zero attached hydrogens (tertiary/aromatic N) is 6. The van der Waals surface area contributed by atoms with Crippen LogP contribution in [-0.2, 0) is 10.8 Å². The lowest BCUT2D eigenvalue weighted by Crippen LogP contribution is -2.29. The van der Waals surface area contributed by atoms with Crippen LogP contribution in [0.3, 0.4) is 0 Å². The molecule has 5 rings (SSSR count). The minimum atomic E-state index is -0.342. The molecule has 2 aromatic carbocycles. The van der Waals surface area contributed by atoms with Crippen molar-refractivity contribution in [2.45, 2.75) is 38.5 Å². The van der Waals surface area contributed by atoms with Crippen molar-refractivity contribution in [2.24, 2.45) is 30.0 Å². The highest BCUT2D eigenvalue weighted by molar-refractivity contribution is 6.42. The van der Waals surface area contributed by atoms with Crippen molar-refractivity contribution in [3.63, 3.8) is 0 Å². The van der Waals surface area contributed by atoms with Crippen LogP contribution in [0.1, 0.15) is 38.8 Å². The van der Waals surface area contributed by atoms with Gasteiger partial charge in [0.2, 0.25) is 11.9 Å². The molecule has 0 atom stereocenters. The van der Waals surface area contributed by atoms with Gasteiger partial charge in [-0.2, -0.15) is 0 Å². The average Bonchev–Trinajstić information content (AvgIpc) is 3.38. The third kappa shape index (κ3) is 3.05. The quantitative estimate of drug-likeness (QED) is 0.604. The highest BCUT2D eigenvalue weighted by Gasteiger charge is 2.31. The summed E-state index contributed by atoms with van der Waals surface area (Å²) in [6, 6.07) is 16.2. The molecular formula is C24H22N6. The minimum Gasteiger partial charge on any atom is -0.218 e. The Labute approximate surface area is 175 Å². The standard InChI is InChI=1S/C24H22N6/c1-23(2)15-7-5-9-17(11-15)27-22-26-14-20(30-22)24(3,4)16-8-6-10-18(12-16)28-21-25-13-19(23)29-21/h5-14H,1-4H3. The van der Waals surface area contributed by atoms with E-state index in [0.717, 1.165) is 33.9 Å². The Morgan fingerprint density at radius 1 is 0.567 bits per heavy atom. The van der Waals surface area contributed by atoms with Crippen LogP contribution in [0.4, 0.5) is 11.4 Å². The molecule has 0 amide bonds. The second-order valence-corrected chi connectivity index (χ2v) is 8.68. The van der Waals surface area contributed by atoms with E-state index in [1.54, 1.807) is 12.4 Å². The molecule has 3 aliphatic heterocycles. The van der Waals surface area contributed by atoms with E-state index in [0.29, 0.717) is 11.9 Å². The first-order chi connectivity index (χ1) is 14.3. The van der Waals surface area contributed by atoms with Gasteiger partial charge < -0.3 is 0 Å². The highest BCUT2D eigenvalue weighted by atomic mass is 15.1. The average molecular weight is 394 g/mol. The molecule has 0 saturated carbocycles. The molecule has 30 heavy (non-hydrogen) atoms. The molecule has 0 N–H and O–H groups in total. The molecule has 0 unspecified atom stereocenters. The number of hydrogen-bond donors (Lipinski definition) is 0. The van der Waals surface area contributed by atoms with Crippen molar-refractivity contribution in [1.29, 1.82) is 0 Å². The first-order valence-corrected chi connectivity index (χ1v) is 9.97. The first-order valence-electron chi connectivity index (χ1n) is 9.97. The zero-order valence-corrected chi connectivity index (χ0v) is 17.5. The van der Waals surface area contributed by atoms with Crippen molar-refractivity contribution in [1.82, 2.24) is 0 Å². The molecule has 148 valence electrons. The molecule has 0 fully saturated rings. The van der Waals surface area contributed by atoms with Gasteiger partial charge in [0.15, 0.2) is 0 Å². The molecule has 0 aromatic heterocycles. The van der Waals surface area contributed by atoms with Crippen LogP contribution in [0.5, 0.6) is 0 Å². The van der Waals surface area contributed by atoms with Gasteiger partial charge in [-0.15, -0.1) is 0 Å². The van der Waals surface area contributed by atoms with Gasteiger partial charge in [-0.1, -0.05) is 52.0 Å². The summed E-state index contributed by atoms with van der Waals surface area (Å²) in [6.07, 6.45) is 3.61. The third-order valence-electron chi connectivity index (χ3n) is 5.92. The van der Waals surface area contributed by atoms with Crippen LogP contribution in [0.15, 0.2) is 78.5 Å². The lowest BCUT2D eigenvalue weighted by Gasteiger charge is -2.24. The van der Waals surface area contributed by atoms with Crippen molar-refractivity contribution in [3.05, 3.63) is 59.7 Å². The number of fused-ring (bicyclic) bond motifs is 6. The summed E-state index contributed by atoms with van der Waals surface area (Å²) in [5.41, 5.74) is 4.87. The van der Waals surface area contributed by atoms with Crippen LogP contribution in [0, 0.1) is 0 Å². The summed E-state index contributed by atoms with van der Waals surface area (Å²) in [5, 5.41) is 0. The molecule has 0 saturated heterocycles. The van der Waals surface area contributed by atoms with E-state index < -0.39 is 0 Å². The molecule has 6 nitrogen and oxygen atoms in total. The smallest absolute Gasteiger partial charge is 0.218 e. The second kappa shape index (κ2) is 6.49. The predicted octanol–water partition coefficient (Wildman–Crippen LogP) is 4.98. The molecule has 8 bridgehead atoms. The minimum absolute atomic E-state index is 0.342. The Hall–Kier alpha value is -3.54. The van der Waals surface area contributed by atoms with Gasteiger partial charge in [0.1, 0.15) is 0 Å². The van der Waals surface area contributed by atoms with Crippen molar-refractivity contribution >= 4 is 47.1 Å². The van der Waals surface area contributed by atoms with E-state index in [-0.39, 0.29) is 10.8 Å². The van der Waals surface area contributed by atoms with E-state index in [1.807, 2.05) is 24.3 Å². The molecule has 0 spiro atoms. The number of aliphatic imine (C=N–C) groups is 6. The van der Waals surface area contributed by atoms with Gasteiger partial charge in [0.05, 0.1) is 35.2 Å². The van der Waals surface area contributed by atoms with Crippen LogP contribution >= 0.6 is 0 Å². The van der Waals surface area contributed by atoms with Crippen LogP contribution in [0.25, 0.3) is 0 Å². The van der Waals surface area contributed by atoms with Gasteiger partial charge in [-0.3, -0.25) is 0 Å². The fourth-order valence-corrected chi connectivity index (χ4v) is 3.73. The molecule has 3 aliphatic rings. The van der Waals surface area contributed by atoms with E-state index in [1.165, 1.54) is 0 Å². The number of rotatable bonds is 0. The zero-order valence-electron chi connectivity index (χ0n) is 17.5. The monoisotopic (exact) mass is 394 g/mol. The van der Waals surface area contributed by atoms with E-state index >= 15 is 0 Å². The Morgan fingerprint density at radius 2 is 1.00 bits per heavy atom. The number of hydrogen-bond acceptors (Lipinski definition) is 6. The largest absolute Gasteiger partial charge is 0.250 e. The van der Waals surface area contributed by atoms with Crippen LogP contribution < -0.4 is 0 Å². The van der Waals surface area contributed by atoms with Crippen LogP contribution in [0.2, 0.25) is 0 Å². The molecular weight excluding hydrogens is 372 g/mol. The Kier molecular flexibility index (Phi) is 4.00. The van der Waals surface area contributed by atoms with E-state index in [9.17, 15) is 0 Å². The summed E-state index contributed by atoms with van der Waals surface area (Å²) in [5.74, 6) is 0.938. The summed E-state index contributed by atoms with van der Waals surface area (Å²) < 4.78 is 0. The maximum absolute atomic E-state index is 4.72. The van der Waals surface area contributed by atoms with Gasteiger partial charge in [-0.25, -0.2) is 30.0 Å². The molecule has 3 heterocycles. The highest BCUT2D eigenvalue weighted by Crippen LogP contribution is 2.32. The SMILES string of the molecule is CC1(C)C2=NC(=Nc3cccc(c3)C(C)(C)C3=NC(=Nc4cccc1c4)N=C3)N=C2. The second-order valence-electron chi connectivity index (χ2n) is 8.68. The lowest BCUT2D eigenvalue weighted by atomic mass is 9.80. The molecule has 2 aromatic rings. The maximum Gasteiger partial charge on any atom is 0.250 e. The number of guanidine groups is 2. The lowest BCUT2D eigenvalue weighted by molar-refractivity contribution is 0.727. The fraction of sp³-hybridized carbons (Fsp3) is 0.250. The Balaban J connectivity index is 1.74. The van der Waals surface area contributed by atoms with E-state index in [4.69, 9.17) is 9.98 Å². The fourth-order valence-electron chi connectivity index (χ4n) is 3.73. The first kappa shape index (κ1) is 18.5. The van der Waals surface area contributed by atoms with E-state index in [2.05, 4.69) is 71.9 Å². The zero-order chi connectivity index (χ0) is 20.9.